The Labute approximate surface area is 44.0 Å². The van der Waals surface area contributed by atoms with Gasteiger partial charge in [0, 0.05) is 0 Å². The van der Waals surface area contributed by atoms with Crippen molar-refractivity contribution >= 4 is 5.95 Å². The maximum Gasteiger partial charge on any atom is 0.252 e. The Morgan fingerprint density at radius 3 is 2.75 bits per heavy atom. The Bertz CT molecular complexity index is 169. The van der Waals surface area contributed by atoms with E-state index < -0.39 is 0 Å². The lowest BCUT2D eigenvalue weighted by Crippen LogP contribution is -2.11. The summed E-state index contributed by atoms with van der Waals surface area (Å²) in [6.45, 7) is 0. The highest BCUT2D eigenvalue weighted by molar-refractivity contribution is 5.18. The minimum Gasteiger partial charge on any atom is -0.787 e. The molecule has 0 saturated carbocycles. The van der Waals surface area contributed by atoms with Crippen LogP contribution in [0.5, 0.6) is 0 Å². The summed E-state index contributed by atoms with van der Waals surface area (Å²) in [7, 11) is 0. The highest BCUT2D eigenvalue weighted by atomic mass is 16.5. The number of nitrogens with one attached hydrogen (secondary N) is 1. The summed E-state index contributed by atoms with van der Waals surface area (Å²) in [6, 6.07) is 0. The maximum absolute atomic E-state index is 10.2. The van der Waals surface area contributed by atoms with Crippen molar-refractivity contribution in [2.75, 3.05) is 5.43 Å². The third-order valence-corrected chi connectivity index (χ3v) is 0.571. The third kappa shape index (κ3) is 0.540. The molecule has 0 fully saturated rings. The van der Waals surface area contributed by atoms with E-state index in [1.807, 2.05) is 5.43 Å². The van der Waals surface area contributed by atoms with Crippen molar-refractivity contribution in [3.63, 3.8) is 0 Å². The quantitative estimate of drug-likeness (QED) is 0.334. The van der Waals surface area contributed by atoms with E-state index in [0.29, 0.717) is 0 Å². The van der Waals surface area contributed by atoms with Gasteiger partial charge in [-0.2, -0.15) is 0 Å². The fourth-order valence-corrected chi connectivity index (χ4v) is 0.263. The van der Waals surface area contributed by atoms with Crippen molar-refractivity contribution in [2.45, 2.75) is 0 Å². The third-order valence-electron chi connectivity index (χ3n) is 0.571. The highest BCUT2D eigenvalue weighted by Crippen LogP contribution is 1.89. The smallest absolute Gasteiger partial charge is 0.252 e. The first-order valence-electron chi connectivity index (χ1n) is 1.77. The Morgan fingerprint density at radius 2 is 2.50 bits per heavy atom. The molecule has 0 saturated heterocycles. The first kappa shape index (κ1) is 4.78. The molecular formula is CH3N6O-. The monoisotopic (exact) mass is 115 g/mol. The molecule has 0 bridgehead atoms. The van der Waals surface area contributed by atoms with E-state index in [9.17, 15) is 5.21 Å². The van der Waals surface area contributed by atoms with Crippen LogP contribution in [0.15, 0.2) is 0 Å². The van der Waals surface area contributed by atoms with E-state index in [4.69, 9.17) is 5.84 Å². The van der Waals surface area contributed by atoms with Gasteiger partial charge in [0.25, 0.3) is 5.95 Å². The van der Waals surface area contributed by atoms with Gasteiger partial charge >= 0.3 is 0 Å². The van der Waals surface area contributed by atoms with E-state index in [-0.39, 0.29) is 10.8 Å². The number of aromatic nitrogens is 4. The Kier molecular flexibility index (Phi) is 0.968. The first-order valence-corrected chi connectivity index (χ1v) is 1.77. The van der Waals surface area contributed by atoms with Gasteiger partial charge < -0.3 is 5.21 Å². The van der Waals surface area contributed by atoms with Crippen molar-refractivity contribution in [3.8, 4) is 0 Å². The van der Waals surface area contributed by atoms with E-state index in [1.54, 1.807) is 0 Å². The largest absolute Gasteiger partial charge is 0.787 e. The van der Waals surface area contributed by atoms with E-state index >= 15 is 0 Å². The van der Waals surface area contributed by atoms with Gasteiger partial charge in [0.05, 0.1) is 0 Å². The summed E-state index contributed by atoms with van der Waals surface area (Å²) in [5.74, 6) is 4.68. The van der Waals surface area contributed by atoms with Gasteiger partial charge in [-0.15, -0.1) is 0 Å². The molecule has 0 spiro atoms. The average molecular weight is 115 g/mol. The number of hydrogen-bond donors (Lipinski definition) is 2. The molecule has 0 amide bonds. The molecule has 44 valence electrons. The molecule has 1 aromatic heterocycles. The second-order valence-electron chi connectivity index (χ2n) is 1.02. The molecule has 1 heterocycles. The number of nitrogens with zero attached hydrogens (tertiary/aromatic N) is 4. The predicted octanol–water partition coefficient (Wildman–Crippen LogP) is -1.70. The van der Waals surface area contributed by atoms with Crippen molar-refractivity contribution in [2.24, 2.45) is 5.84 Å². The zero-order valence-electron chi connectivity index (χ0n) is 3.77. The molecule has 0 unspecified atom stereocenters. The van der Waals surface area contributed by atoms with Crippen LogP contribution in [-0.2, 0) is 0 Å². The Hall–Kier alpha value is -1.37. The number of hydrogen-bond acceptors (Lipinski definition) is 6. The zero-order valence-corrected chi connectivity index (χ0v) is 3.77. The van der Waals surface area contributed by atoms with Gasteiger partial charge in [0.15, 0.2) is 0 Å². The Morgan fingerprint density at radius 1 is 1.75 bits per heavy atom. The van der Waals surface area contributed by atoms with Crippen LogP contribution in [0.4, 0.5) is 5.95 Å². The first-order chi connectivity index (χ1) is 3.84. The molecule has 1 rings (SSSR count). The van der Waals surface area contributed by atoms with Gasteiger partial charge in [-0.25, -0.2) is 10.7 Å². The lowest BCUT2D eigenvalue weighted by atomic mass is 11.1. The number of hydrazine groups is 1. The summed E-state index contributed by atoms with van der Waals surface area (Å²) < 4.78 is 0. The molecule has 0 atom stereocenters. The molecule has 0 aromatic carbocycles. The average Bonchev–Trinajstić information content (AvgIpc) is 2.14. The molecule has 7 nitrogen and oxygen atoms in total. The molecule has 7 heteroatoms. The molecule has 0 aliphatic rings. The molecule has 0 aliphatic heterocycles. The summed E-state index contributed by atoms with van der Waals surface area (Å²) in [5, 5.41) is 19.3. The lowest BCUT2D eigenvalue weighted by molar-refractivity contribution is 0.793. The van der Waals surface area contributed by atoms with Crippen molar-refractivity contribution in [1.82, 2.24) is 20.4 Å². The van der Waals surface area contributed by atoms with E-state index in [0.717, 1.165) is 0 Å². The van der Waals surface area contributed by atoms with Gasteiger partial charge in [0.2, 0.25) is 0 Å². The second-order valence-corrected chi connectivity index (χ2v) is 1.02. The minimum atomic E-state index is -0.106. The van der Waals surface area contributed by atoms with Gasteiger partial charge in [0.1, 0.15) is 0 Å². The number of anilines is 1. The van der Waals surface area contributed by atoms with Crippen molar-refractivity contribution in [1.29, 1.82) is 0 Å². The normalized spacial score (nSPS) is 9.12. The summed E-state index contributed by atoms with van der Waals surface area (Å²) >= 11 is 0. The van der Waals surface area contributed by atoms with Crippen LogP contribution >= 0.6 is 0 Å². The number of nitrogen functional groups attached to an aromatic ring is 1. The summed E-state index contributed by atoms with van der Waals surface area (Å²) in [5.41, 5.74) is 1.99. The maximum atomic E-state index is 10.2. The van der Waals surface area contributed by atoms with Crippen LogP contribution in [0.1, 0.15) is 0 Å². The SMILES string of the molecule is NNc1nnnn1[O-]. The van der Waals surface area contributed by atoms with Crippen molar-refractivity contribution < 1.29 is 0 Å². The van der Waals surface area contributed by atoms with E-state index in [2.05, 4.69) is 15.5 Å². The lowest BCUT2D eigenvalue weighted by Gasteiger charge is -2.02. The molecule has 8 heavy (non-hydrogen) atoms. The van der Waals surface area contributed by atoms with Gasteiger partial charge in [-0.1, -0.05) is 5.10 Å². The Balaban J connectivity index is 2.92. The molecule has 0 radical (unpaired) electrons. The van der Waals surface area contributed by atoms with Gasteiger partial charge in [-0.05, 0) is 10.4 Å². The van der Waals surface area contributed by atoms with Crippen LogP contribution < -0.4 is 11.3 Å². The fraction of sp³-hybridized carbons (Fsp3) is 0. The molecule has 3 N–H and O–H groups in total. The number of rotatable bonds is 1. The topological polar surface area (TPSA) is 105 Å². The van der Waals surface area contributed by atoms with Crippen LogP contribution in [0.25, 0.3) is 0 Å². The van der Waals surface area contributed by atoms with Crippen molar-refractivity contribution in [3.05, 3.63) is 5.21 Å². The zero-order chi connectivity index (χ0) is 5.98. The van der Waals surface area contributed by atoms with Gasteiger partial charge in [-0.3, -0.25) is 5.43 Å². The predicted molar refractivity (Wildman–Crippen MR) is 24.4 cm³/mol. The molecule has 1 aromatic rings. The number of nitrogens with two attached hydrogens (primary N) is 1. The van der Waals surface area contributed by atoms with Crippen LogP contribution in [-0.4, -0.2) is 20.4 Å². The van der Waals surface area contributed by atoms with Crippen LogP contribution in [0.3, 0.4) is 0 Å². The van der Waals surface area contributed by atoms with Crippen LogP contribution in [0.2, 0.25) is 0 Å². The standard InChI is InChI=1S/CH3N6O/c2-3-1-4-5-6-7(1)8/h2H2,(H,3,4,6)/q-1. The minimum absolute atomic E-state index is 0.106. The molecular weight excluding hydrogens is 112 g/mol. The molecule has 0 aliphatic carbocycles. The van der Waals surface area contributed by atoms with E-state index in [1.165, 1.54) is 0 Å². The fourth-order valence-electron chi connectivity index (χ4n) is 0.263. The van der Waals surface area contributed by atoms with Crippen LogP contribution in [0, 0.1) is 5.21 Å². The highest BCUT2D eigenvalue weighted by Gasteiger charge is 1.90. The number of tetrazole rings is 1. The second kappa shape index (κ2) is 1.62. The summed E-state index contributed by atoms with van der Waals surface area (Å²) in [4.78, 5) is 0.181. The summed E-state index contributed by atoms with van der Waals surface area (Å²) in [6.07, 6.45) is 0.